The number of aromatic nitrogens is 2. The molecule has 0 saturated carbocycles. The van der Waals surface area contributed by atoms with Gasteiger partial charge in [-0.25, -0.2) is 17.6 Å². The number of nitrogens with one attached hydrogen (secondary N) is 1. The van der Waals surface area contributed by atoms with Crippen LogP contribution in [0.15, 0.2) is 51.0 Å². The summed E-state index contributed by atoms with van der Waals surface area (Å²) in [6.07, 6.45) is -5.25. The number of methoxy groups -OCH3 is 1. The lowest BCUT2D eigenvalue weighted by Gasteiger charge is -2.28. The number of nitrogens with zero attached hydrogens (tertiary/aromatic N) is 1. The molecule has 1 aromatic carbocycles. The van der Waals surface area contributed by atoms with Crippen molar-refractivity contribution in [1.82, 2.24) is 9.55 Å². The van der Waals surface area contributed by atoms with Gasteiger partial charge >= 0.3 is 5.69 Å². The molecule has 1 aliphatic rings. The molecule has 0 amide bonds. The van der Waals surface area contributed by atoms with Gasteiger partial charge in [-0.3, -0.25) is 14.3 Å². The molecule has 1 aromatic heterocycles. The lowest BCUT2D eigenvalue weighted by molar-refractivity contribution is -0.0519. The van der Waals surface area contributed by atoms with Gasteiger partial charge in [-0.05, 0) is 24.3 Å². The molecule has 12 heteroatoms. The first kappa shape index (κ1) is 20.2. The highest BCUT2D eigenvalue weighted by Gasteiger charge is 2.66. The summed E-state index contributed by atoms with van der Waals surface area (Å²) < 4.78 is 52.8. The van der Waals surface area contributed by atoms with Crippen LogP contribution in [0.2, 0.25) is 0 Å². The fraction of sp³-hybridized carbons (Fsp3) is 0.375. The van der Waals surface area contributed by atoms with E-state index >= 15 is 4.39 Å². The van der Waals surface area contributed by atoms with Crippen molar-refractivity contribution in [3.8, 4) is 5.75 Å². The smallest absolute Gasteiger partial charge is 0.330 e. The topological polar surface area (TPSA) is 148 Å². The number of aliphatic hydroxyl groups excluding tert-OH is 2. The van der Waals surface area contributed by atoms with E-state index in [0.717, 1.165) is 24.4 Å². The Kier molecular flexibility index (Phi) is 5.14. The lowest BCUT2D eigenvalue weighted by atomic mass is 10.1. The number of H-pyrrole nitrogens is 1. The molecule has 2 aromatic rings. The van der Waals surface area contributed by atoms with E-state index in [1.54, 1.807) is 0 Å². The van der Waals surface area contributed by atoms with Crippen LogP contribution in [-0.2, 0) is 14.6 Å². The molecule has 4 atom stereocenters. The SMILES string of the molecule is COc1ccc(S(=O)(=O)[C@@]2(F)[C@H](O)[C@@H](CO)O[C@H]2n2ccc(=O)[nH]c2=O)cc1. The van der Waals surface area contributed by atoms with E-state index in [4.69, 9.17) is 9.47 Å². The minimum atomic E-state index is -4.94. The largest absolute Gasteiger partial charge is 0.497 e. The minimum absolute atomic E-state index is 0.316. The van der Waals surface area contributed by atoms with E-state index in [2.05, 4.69) is 0 Å². The predicted molar refractivity (Wildman–Crippen MR) is 92.3 cm³/mol. The number of sulfone groups is 1. The Balaban J connectivity index is 2.19. The zero-order valence-electron chi connectivity index (χ0n) is 14.5. The summed E-state index contributed by atoms with van der Waals surface area (Å²) in [7, 11) is -3.58. The zero-order valence-corrected chi connectivity index (χ0v) is 15.3. The van der Waals surface area contributed by atoms with Crippen molar-refractivity contribution in [3.63, 3.8) is 0 Å². The van der Waals surface area contributed by atoms with Gasteiger partial charge in [0.2, 0.25) is 9.84 Å². The van der Waals surface area contributed by atoms with E-state index in [0.29, 0.717) is 10.3 Å². The molecule has 10 nitrogen and oxygen atoms in total. The summed E-state index contributed by atoms with van der Waals surface area (Å²) in [5, 5.41) is 16.1. The molecule has 0 spiro atoms. The lowest BCUT2D eigenvalue weighted by Crippen LogP contribution is -2.51. The molecule has 1 aliphatic heterocycles. The van der Waals surface area contributed by atoms with E-state index in [1.165, 1.54) is 19.2 Å². The van der Waals surface area contributed by atoms with Crippen LogP contribution < -0.4 is 16.0 Å². The monoisotopic (exact) mass is 416 g/mol. The van der Waals surface area contributed by atoms with Gasteiger partial charge in [0.1, 0.15) is 18.0 Å². The molecule has 3 N–H and O–H groups in total. The van der Waals surface area contributed by atoms with E-state index in [-0.39, 0.29) is 0 Å². The summed E-state index contributed by atoms with van der Waals surface area (Å²) in [4.78, 5) is 24.7. The van der Waals surface area contributed by atoms with Gasteiger partial charge in [-0.1, -0.05) is 0 Å². The van der Waals surface area contributed by atoms with Gasteiger partial charge in [0.05, 0.1) is 18.6 Å². The Bertz CT molecular complexity index is 1080. The van der Waals surface area contributed by atoms with Crippen molar-refractivity contribution in [3.05, 3.63) is 57.4 Å². The number of alkyl halides is 1. The van der Waals surface area contributed by atoms with Gasteiger partial charge in [0.25, 0.3) is 10.6 Å². The summed E-state index contributed by atoms with van der Waals surface area (Å²) in [5.74, 6) is 0.316. The second-order valence-corrected chi connectivity index (χ2v) is 8.15. The maximum atomic E-state index is 16.1. The van der Waals surface area contributed by atoms with Crippen molar-refractivity contribution in [2.24, 2.45) is 0 Å². The van der Waals surface area contributed by atoms with E-state index in [9.17, 15) is 28.2 Å². The van der Waals surface area contributed by atoms with Crippen molar-refractivity contribution < 1.29 is 32.5 Å². The summed E-state index contributed by atoms with van der Waals surface area (Å²) in [5.41, 5.74) is -1.93. The van der Waals surface area contributed by atoms with Gasteiger partial charge in [-0.2, -0.15) is 0 Å². The van der Waals surface area contributed by atoms with Gasteiger partial charge < -0.3 is 19.7 Å². The Morgan fingerprint density at radius 1 is 1.29 bits per heavy atom. The third-order valence-electron chi connectivity index (χ3n) is 4.46. The van der Waals surface area contributed by atoms with Gasteiger partial charge in [-0.15, -0.1) is 0 Å². The fourth-order valence-corrected chi connectivity index (χ4v) is 4.73. The molecule has 1 fully saturated rings. The van der Waals surface area contributed by atoms with Crippen molar-refractivity contribution >= 4 is 9.84 Å². The van der Waals surface area contributed by atoms with Crippen LogP contribution >= 0.6 is 0 Å². The van der Waals surface area contributed by atoms with Crippen molar-refractivity contribution in [2.45, 2.75) is 28.3 Å². The zero-order chi connectivity index (χ0) is 20.7. The number of ether oxygens (including phenoxy) is 2. The maximum Gasteiger partial charge on any atom is 0.330 e. The van der Waals surface area contributed by atoms with Gasteiger partial charge in [0, 0.05) is 12.3 Å². The fourth-order valence-electron chi connectivity index (χ4n) is 2.97. The van der Waals surface area contributed by atoms with Crippen LogP contribution in [0.1, 0.15) is 6.23 Å². The third-order valence-corrected chi connectivity index (χ3v) is 6.62. The highest BCUT2D eigenvalue weighted by molar-refractivity contribution is 7.92. The second-order valence-electron chi connectivity index (χ2n) is 6.05. The summed E-state index contributed by atoms with van der Waals surface area (Å²) >= 11 is 0. The number of rotatable bonds is 5. The standard InChI is InChI=1S/C16H17FN2O8S/c1-26-9-2-4-10(5-3-9)28(24,25)16(17)13(22)11(8-20)27-14(16)19-7-6-12(21)18-15(19)23/h2-7,11,13-14,20,22H,8H2,1H3,(H,18,21,23)/t11-,13-,14-,16+/m1/s1. The predicted octanol–water partition coefficient (Wildman–Crippen LogP) is -1.06. The molecule has 28 heavy (non-hydrogen) atoms. The number of hydrogen-bond donors (Lipinski definition) is 3. The Labute approximate surface area is 157 Å². The van der Waals surface area contributed by atoms with E-state index in [1.807, 2.05) is 4.98 Å². The minimum Gasteiger partial charge on any atom is -0.497 e. The number of aromatic amines is 1. The van der Waals surface area contributed by atoms with Crippen molar-refractivity contribution in [1.29, 1.82) is 0 Å². The molecule has 0 aliphatic carbocycles. The molecule has 0 radical (unpaired) electrons. The molecule has 0 bridgehead atoms. The molecule has 0 unspecified atom stereocenters. The Hall–Kier alpha value is -2.54. The van der Waals surface area contributed by atoms with Crippen LogP contribution in [-0.4, -0.2) is 59.1 Å². The van der Waals surface area contributed by atoms with Gasteiger partial charge in [0.15, 0.2) is 6.23 Å². The Morgan fingerprint density at radius 2 is 1.93 bits per heavy atom. The van der Waals surface area contributed by atoms with Crippen LogP contribution in [0, 0.1) is 0 Å². The quantitative estimate of drug-likeness (QED) is 0.558. The maximum absolute atomic E-state index is 16.1. The molecule has 1 saturated heterocycles. The normalized spacial score (nSPS) is 27.6. The van der Waals surface area contributed by atoms with Crippen LogP contribution in [0.4, 0.5) is 4.39 Å². The second kappa shape index (κ2) is 7.13. The first-order valence-corrected chi connectivity index (χ1v) is 9.48. The number of aliphatic hydroxyl groups is 2. The summed E-state index contributed by atoms with van der Waals surface area (Å²) in [6, 6.07) is 5.57. The highest BCUT2D eigenvalue weighted by atomic mass is 32.2. The Morgan fingerprint density at radius 3 is 2.46 bits per heavy atom. The first-order valence-electron chi connectivity index (χ1n) is 8.00. The molecule has 2 heterocycles. The number of hydrogen-bond acceptors (Lipinski definition) is 8. The number of benzene rings is 1. The molecule has 3 rings (SSSR count). The van der Waals surface area contributed by atoms with Crippen LogP contribution in [0.5, 0.6) is 5.75 Å². The number of halogens is 1. The third kappa shape index (κ3) is 2.94. The van der Waals surface area contributed by atoms with E-state index < -0.39 is 56.0 Å². The molecular formula is C16H17FN2O8S. The van der Waals surface area contributed by atoms with Crippen LogP contribution in [0.25, 0.3) is 0 Å². The molecular weight excluding hydrogens is 399 g/mol. The highest BCUT2D eigenvalue weighted by Crippen LogP contribution is 2.47. The first-order chi connectivity index (χ1) is 13.2. The average molecular weight is 416 g/mol. The summed E-state index contributed by atoms with van der Waals surface area (Å²) in [6.45, 7) is -0.903. The molecule has 152 valence electrons. The average Bonchev–Trinajstić information content (AvgIpc) is 2.94. The van der Waals surface area contributed by atoms with Crippen molar-refractivity contribution in [2.75, 3.05) is 13.7 Å². The van der Waals surface area contributed by atoms with Crippen LogP contribution in [0.3, 0.4) is 0 Å².